The lowest BCUT2D eigenvalue weighted by Crippen LogP contribution is -2.34. The van der Waals surface area contributed by atoms with Gasteiger partial charge in [0.05, 0.1) is 5.39 Å². The molecule has 0 spiro atoms. The van der Waals surface area contributed by atoms with Crippen LogP contribution in [0.15, 0.2) is 6.33 Å². The molecule has 2 aromatic rings. The largest absolute Gasteiger partial charge is 0.474 e. The highest BCUT2D eigenvalue weighted by atomic mass is 32.1. The van der Waals surface area contributed by atoms with E-state index in [2.05, 4.69) is 15.3 Å². The molecule has 0 aromatic carbocycles. The van der Waals surface area contributed by atoms with Crippen LogP contribution in [0.3, 0.4) is 0 Å². The molecule has 0 radical (unpaired) electrons. The van der Waals surface area contributed by atoms with Gasteiger partial charge in [0.15, 0.2) is 0 Å². The van der Waals surface area contributed by atoms with E-state index >= 15 is 0 Å². The third-order valence-electron chi connectivity index (χ3n) is 5.53. The molecule has 1 fully saturated rings. The normalized spacial score (nSPS) is 26.7. The monoisotopic (exact) mass is 347 g/mol. The van der Waals surface area contributed by atoms with Crippen LogP contribution < -0.4 is 10.1 Å². The van der Waals surface area contributed by atoms with E-state index in [4.69, 9.17) is 4.74 Å². The minimum atomic E-state index is 0.235. The smallest absolute Gasteiger partial charge is 0.225 e. The Morgan fingerprint density at radius 2 is 2.08 bits per heavy atom. The first-order valence-corrected chi connectivity index (χ1v) is 9.82. The van der Waals surface area contributed by atoms with Gasteiger partial charge < -0.3 is 15.2 Å². The fourth-order valence-electron chi connectivity index (χ4n) is 4.20. The first-order valence-electron chi connectivity index (χ1n) is 9.01. The van der Waals surface area contributed by atoms with Crippen molar-refractivity contribution in [3.05, 3.63) is 16.8 Å². The zero-order valence-electron chi connectivity index (χ0n) is 14.1. The fraction of sp³-hybridized carbons (Fsp3) is 0.667. The summed E-state index contributed by atoms with van der Waals surface area (Å²) in [6.45, 7) is 0.235. The Balaban J connectivity index is 1.62. The lowest BCUT2D eigenvalue weighted by molar-refractivity contribution is 0.137. The Morgan fingerprint density at radius 3 is 2.83 bits per heavy atom. The number of nitrogens with zero attached hydrogens (tertiary/aromatic N) is 2. The second kappa shape index (κ2) is 6.94. The zero-order chi connectivity index (χ0) is 16.5. The van der Waals surface area contributed by atoms with Gasteiger partial charge in [-0.2, -0.15) is 0 Å². The molecule has 1 atom stereocenters. The van der Waals surface area contributed by atoms with E-state index in [1.165, 1.54) is 10.4 Å². The zero-order valence-corrected chi connectivity index (χ0v) is 14.9. The van der Waals surface area contributed by atoms with Crippen molar-refractivity contribution in [1.29, 1.82) is 0 Å². The van der Waals surface area contributed by atoms with Crippen molar-refractivity contribution in [1.82, 2.24) is 15.3 Å². The summed E-state index contributed by atoms with van der Waals surface area (Å²) in [5, 5.41) is 13.9. The molecule has 1 saturated carbocycles. The maximum absolute atomic E-state index is 9.38. The number of aryl methyl sites for hydroxylation is 1. The molecule has 1 unspecified atom stereocenters. The van der Waals surface area contributed by atoms with Crippen LogP contribution in [0.5, 0.6) is 5.88 Å². The third kappa shape index (κ3) is 2.91. The molecule has 2 aromatic heterocycles. The number of hydrogen-bond acceptors (Lipinski definition) is 6. The van der Waals surface area contributed by atoms with E-state index in [1.54, 1.807) is 17.7 Å². The van der Waals surface area contributed by atoms with Crippen molar-refractivity contribution in [2.45, 2.75) is 63.0 Å². The first kappa shape index (κ1) is 16.2. The quantitative estimate of drug-likeness (QED) is 0.870. The predicted molar refractivity (Wildman–Crippen MR) is 95.9 cm³/mol. The second-order valence-electron chi connectivity index (χ2n) is 6.93. The molecule has 0 amide bonds. The number of hydrogen-bond donors (Lipinski definition) is 2. The number of ether oxygens (including phenoxy) is 1. The summed E-state index contributed by atoms with van der Waals surface area (Å²) in [5.41, 5.74) is 1.35. The molecule has 6 heteroatoms. The maximum atomic E-state index is 9.38. The summed E-state index contributed by atoms with van der Waals surface area (Å²) < 4.78 is 6.34. The van der Waals surface area contributed by atoms with E-state index < -0.39 is 0 Å². The molecule has 0 saturated heterocycles. The molecule has 0 aliphatic heterocycles. The van der Waals surface area contributed by atoms with Crippen molar-refractivity contribution < 1.29 is 9.84 Å². The van der Waals surface area contributed by atoms with Crippen LogP contribution in [0.25, 0.3) is 10.2 Å². The van der Waals surface area contributed by atoms with Crippen molar-refractivity contribution in [2.24, 2.45) is 0 Å². The number of thiophene rings is 1. The molecule has 2 heterocycles. The standard InChI is InChI=1S/C18H25N3O2S/c1-19-12-3-5-13(6-4-12)23-17-16-15-11(8-9-22)2-7-14(15)24-18(16)21-10-20-17/h10-13,19,22H,2-9H2,1H3. The van der Waals surface area contributed by atoms with Gasteiger partial charge >= 0.3 is 0 Å². The summed E-state index contributed by atoms with van der Waals surface area (Å²) in [4.78, 5) is 11.4. The van der Waals surface area contributed by atoms with E-state index in [9.17, 15) is 5.11 Å². The van der Waals surface area contributed by atoms with Gasteiger partial charge in [0.2, 0.25) is 5.88 Å². The summed E-state index contributed by atoms with van der Waals surface area (Å²) in [7, 11) is 2.04. The van der Waals surface area contributed by atoms with Gasteiger partial charge in [-0.1, -0.05) is 0 Å². The van der Waals surface area contributed by atoms with E-state index in [1.807, 2.05) is 7.05 Å². The number of rotatable bonds is 5. The number of fused-ring (bicyclic) bond motifs is 3. The molecule has 2 aliphatic carbocycles. The number of aliphatic hydroxyl groups is 1. The average molecular weight is 347 g/mol. The van der Waals surface area contributed by atoms with Crippen LogP contribution in [-0.4, -0.2) is 40.9 Å². The van der Waals surface area contributed by atoms with E-state index in [0.29, 0.717) is 12.0 Å². The highest BCUT2D eigenvalue weighted by Crippen LogP contribution is 2.47. The molecular formula is C18H25N3O2S. The lowest BCUT2D eigenvalue weighted by atomic mass is 9.93. The van der Waals surface area contributed by atoms with Crippen LogP contribution in [0.2, 0.25) is 0 Å². The Kier molecular flexibility index (Phi) is 4.70. The molecule has 130 valence electrons. The van der Waals surface area contributed by atoms with Crippen molar-refractivity contribution >= 4 is 21.6 Å². The van der Waals surface area contributed by atoms with Crippen molar-refractivity contribution in [2.75, 3.05) is 13.7 Å². The van der Waals surface area contributed by atoms with Gasteiger partial charge in [-0.3, -0.25) is 0 Å². The Bertz CT molecular complexity index is 710. The first-order chi connectivity index (χ1) is 11.8. The molecule has 4 rings (SSSR count). The predicted octanol–water partition coefficient (Wildman–Crippen LogP) is 3.01. The van der Waals surface area contributed by atoms with Gasteiger partial charge in [-0.25, -0.2) is 9.97 Å². The Labute approximate surface area is 146 Å². The van der Waals surface area contributed by atoms with Crippen molar-refractivity contribution in [3.8, 4) is 5.88 Å². The van der Waals surface area contributed by atoms with Gasteiger partial charge in [0.25, 0.3) is 0 Å². The molecule has 24 heavy (non-hydrogen) atoms. The summed E-state index contributed by atoms with van der Waals surface area (Å²) in [6, 6.07) is 0.620. The minimum absolute atomic E-state index is 0.235. The van der Waals surface area contributed by atoms with Crippen molar-refractivity contribution in [3.63, 3.8) is 0 Å². The number of aliphatic hydroxyl groups excluding tert-OH is 1. The molecule has 5 nitrogen and oxygen atoms in total. The summed E-state index contributed by atoms with van der Waals surface area (Å²) in [5.74, 6) is 1.18. The Hall–Kier alpha value is -1.24. The molecular weight excluding hydrogens is 322 g/mol. The Morgan fingerprint density at radius 1 is 1.25 bits per heavy atom. The second-order valence-corrected chi connectivity index (χ2v) is 8.01. The van der Waals surface area contributed by atoms with Gasteiger partial charge in [-0.05, 0) is 63.5 Å². The summed E-state index contributed by atoms with van der Waals surface area (Å²) >= 11 is 1.77. The van der Waals surface area contributed by atoms with Crippen LogP contribution in [0.4, 0.5) is 0 Å². The molecule has 0 bridgehead atoms. The minimum Gasteiger partial charge on any atom is -0.474 e. The highest BCUT2D eigenvalue weighted by Gasteiger charge is 2.30. The fourth-order valence-corrected chi connectivity index (χ4v) is 5.43. The number of nitrogens with one attached hydrogen (secondary N) is 1. The van der Waals surface area contributed by atoms with Crippen LogP contribution in [-0.2, 0) is 6.42 Å². The summed E-state index contributed by atoms with van der Waals surface area (Å²) in [6.07, 6.45) is 9.37. The third-order valence-corrected chi connectivity index (χ3v) is 6.71. The van der Waals surface area contributed by atoms with Crippen LogP contribution in [0, 0.1) is 0 Å². The topological polar surface area (TPSA) is 67.3 Å². The maximum Gasteiger partial charge on any atom is 0.225 e. The lowest BCUT2D eigenvalue weighted by Gasteiger charge is -2.28. The van der Waals surface area contributed by atoms with E-state index in [0.717, 1.165) is 61.0 Å². The molecule has 2 aliphatic rings. The highest BCUT2D eigenvalue weighted by molar-refractivity contribution is 7.19. The van der Waals surface area contributed by atoms with Gasteiger partial charge in [0.1, 0.15) is 17.3 Å². The van der Waals surface area contributed by atoms with Gasteiger partial charge in [0, 0.05) is 17.5 Å². The average Bonchev–Trinajstić information content (AvgIpc) is 3.16. The SMILES string of the molecule is CNC1CCC(Oc2ncnc3sc4c(c23)C(CCO)CC4)CC1. The van der Waals surface area contributed by atoms with Crippen LogP contribution in [0.1, 0.15) is 54.9 Å². The van der Waals surface area contributed by atoms with Gasteiger partial charge in [-0.15, -0.1) is 11.3 Å². The number of aromatic nitrogens is 2. The van der Waals surface area contributed by atoms with E-state index in [-0.39, 0.29) is 12.7 Å². The molecule has 2 N–H and O–H groups in total. The van der Waals surface area contributed by atoms with Crippen LogP contribution >= 0.6 is 11.3 Å².